The van der Waals surface area contributed by atoms with Gasteiger partial charge in [-0.15, -0.1) is 0 Å². The van der Waals surface area contributed by atoms with Crippen LogP contribution in [-0.2, 0) is 11.2 Å². The second-order valence-corrected chi connectivity index (χ2v) is 4.84. The fourth-order valence-corrected chi connectivity index (χ4v) is 1.81. The van der Waals surface area contributed by atoms with E-state index in [1.54, 1.807) is 0 Å². The Labute approximate surface area is 109 Å². The van der Waals surface area contributed by atoms with Crippen LogP contribution in [0.5, 0.6) is 0 Å². The predicted octanol–water partition coefficient (Wildman–Crippen LogP) is 1.28. The third-order valence-electron chi connectivity index (χ3n) is 2.94. The highest BCUT2D eigenvalue weighted by Gasteiger charge is 2.03. The van der Waals surface area contributed by atoms with Crippen molar-refractivity contribution in [2.24, 2.45) is 5.73 Å². The van der Waals surface area contributed by atoms with Gasteiger partial charge in [0.05, 0.1) is 6.20 Å². The Bertz CT molecular complexity index is 360. The van der Waals surface area contributed by atoms with Gasteiger partial charge in [-0.2, -0.15) is 5.10 Å². The summed E-state index contributed by atoms with van der Waals surface area (Å²) >= 11 is 0. The average Bonchev–Trinajstić information content (AvgIpc) is 2.70. The van der Waals surface area contributed by atoms with Crippen molar-refractivity contribution in [1.82, 2.24) is 15.5 Å². The molecule has 102 valence electrons. The van der Waals surface area contributed by atoms with Crippen LogP contribution in [0.1, 0.15) is 43.9 Å². The van der Waals surface area contributed by atoms with E-state index in [-0.39, 0.29) is 11.9 Å². The first kappa shape index (κ1) is 14.7. The lowest BCUT2D eigenvalue weighted by Gasteiger charge is -2.06. The maximum atomic E-state index is 11.5. The normalized spacial score (nSPS) is 12.4. The molecule has 0 aliphatic rings. The molecule has 0 bridgehead atoms. The second-order valence-electron chi connectivity index (χ2n) is 4.84. The monoisotopic (exact) mass is 252 g/mol. The third-order valence-corrected chi connectivity index (χ3v) is 2.94. The molecule has 1 aromatic heterocycles. The van der Waals surface area contributed by atoms with Gasteiger partial charge in [0.1, 0.15) is 0 Å². The van der Waals surface area contributed by atoms with Gasteiger partial charge < -0.3 is 11.1 Å². The number of carbonyl (C=O) groups is 1. The average molecular weight is 252 g/mol. The molecule has 4 N–H and O–H groups in total. The first-order chi connectivity index (χ1) is 8.59. The van der Waals surface area contributed by atoms with Crippen molar-refractivity contribution in [2.45, 2.75) is 52.0 Å². The summed E-state index contributed by atoms with van der Waals surface area (Å²) in [7, 11) is 0. The molecule has 1 unspecified atom stereocenters. The zero-order valence-electron chi connectivity index (χ0n) is 11.3. The number of hydrogen-bond acceptors (Lipinski definition) is 3. The number of nitrogens with two attached hydrogens (primary N) is 1. The van der Waals surface area contributed by atoms with Gasteiger partial charge >= 0.3 is 0 Å². The molecule has 0 aliphatic carbocycles. The molecule has 0 fully saturated rings. The minimum atomic E-state index is 0.125. The molecule has 0 saturated carbocycles. The molecular formula is C13H24N4O. The van der Waals surface area contributed by atoms with Gasteiger partial charge in [0.15, 0.2) is 0 Å². The highest BCUT2D eigenvalue weighted by atomic mass is 16.1. The summed E-state index contributed by atoms with van der Waals surface area (Å²) in [6, 6.07) is 0.182. The molecule has 0 radical (unpaired) electrons. The predicted molar refractivity (Wildman–Crippen MR) is 72.2 cm³/mol. The standard InChI is InChI=1S/C13H24N4O/c1-10(14)5-3-7-13(18)15-8-4-6-12-9-16-17-11(12)2/h9-10H,3-8,14H2,1-2H3,(H,15,18)(H,16,17). The fourth-order valence-electron chi connectivity index (χ4n) is 1.81. The van der Waals surface area contributed by atoms with Crippen LogP contribution in [0, 0.1) is 6.92 Å². The van der Waals surface area contributed by atoms with Crippen molar-refractivity contribution in [3.63, 3.8) is 0 Å². The Morgan fingerprint density at radius 1 is 1.56 bits per heavy atom. The number of H-pyrrole nitrogens is 1. The zero-order chi connectivity index (χ0) is 13.4. The molecule has 18 heavy (non-hydrogen) atoms. The first-order valence-corrected chi connectivity index (χ1v) is 6.60. The van der Waals surface area contributed by atoms with E-state index in [1.165, 1.54) is 5.56 Å². The Balaban J connectivity index is 2.04. The van der Waals surface area contributed by atoms with Crippen LogP contribution in [0.4, 0.5) is 0 Å². The summed E-state index contributed by atoms with van der Waals surface area (Å²) in [5, 5.41) is 9.80. The molecule has 1 amide bonds. The molecule has 1 aromatic rings. The summed E-state index contributed by atoms with van der Waals surface area (Å²) in [4.78, 5) is 11.5. The van der Waals surface area contributed by atoms with Crippen molar-refractivity contribution in [3.8, 4) is 0 Å². The minimum Gasteiger partial charge on any atom is -0.356 e. The SMILES string of the molecule is Cc1[nH]ncc1CCCNC(=O)CCCC(C)N. The van der Waals surface area contributed by atoms with Crippen LogP contribution in [0.25, 0.3) is 0 Å². The molecule has 0 aromatic carbocycles. The van der Waals surface area contributed by atoms with Gasteiger partial charge in [0.25, 0.3) is 0 Å². The maximum Gasteiger partial charge on any atom is 0.219 e. The third kappa shape index (κ3) is 5.82. The van der Waals surface area contributed by atoms with Crippen LogP contribution in [0.3, 0.4) is 0 Å². The lowest BCUT2D eigenvalue weighted by molar-refractivity contribution is -0.121. The number of nitrogens with zero attached hydrogens (tertiary/aromatic N) is 1. The number of rotatable bonds is 8. The Hall–Kier alpha value is -1.36. The van der Waals surface area contributed by atoms with Crippen molar-refractivity contribution in [3.05, 3.63) is 17.5 Å². The summed E-state index contributed by atoms with van der Waals surface area (Å²) in [6.07, 6.45) is 6.08. The largest absolute Gasteiger partial charge is 0.356 e. The number of amides is 1. The molecule has 5 nitrogen and oxygen atoms in total. The van der Waals surface area contributed by atoms with Crippen LogP contribution in [0.15, 0.2) is 6.20 Å². The van der Waals surface area contributed by atoms with Gasteiger partial charge in [-0.3, -0.25) is 9.89 Å². The first-order valence-electron chi connectivity index (χ1n) is 6.60. The van der Waals surface area contributed by atoms with Gasteiger partial charge in [-0.05, 0) is 45.1 Å². The van der Waals surface area contributed by atoms with Crippen molar-refractivity contribution in [2.75, 3.05) is 6.54 Å². The van der Waals surface area contributed by atoms with Gasteiger partial charge in [-0.25, -0.2) is 0 Å². The highest BCUT2D eigenvalue weighted by Crippen LogP contribution is 2.05. The number of aryl methyl sites for hydroxylation is 2. The number of aromatic amines is 1. The summed E-state index contributed by atoms with van der Waals surface area (Å²) < 4.78 is 0. The molecular weight excluding hydrogens is 228 g/mol. The lowest BCUT2D eigenvalue weighted by atomic mass is 10.1. The van der Waals surface area contributed by atoms with Crippen LogP contribution in [0.2, 0.25) is 0 Å². The van der Waals surface area contributed by atoms with E-state index >= 15 is 0 Å². The molecule has 1 heterocycles. The van der Waals surface area contributed by atoms with E-state index in [4.69, 9.17) is 5.73 Å². The molecule has 0 aliphatic heterocycles. The maximum absolute atomic E-state index is 11.5. The van der Waals surface area contributed by atoms with Gasteiger partial charge in [0.2, 0.25) is 5.91 Å². The van der Waals surface area contributed by atoms with Crippen molar-refractivity contribution >= 4 is 5.91 Å². The van der Waals surface area contributed by atoms with E-state index < -0.39 is 0 Å². The van der Waals surface area contributed by atoms with Gasteiger partial charge in [0, 0.05) is 24.7 Å². The highest BCUT2D eigenvalue weighted by molar-refractivity contribution is 5.75. The fraction of sp³-hybridized carbons (Fsp3) is 0.692. The van der Waals surface area contributed by atoms with E-state index in [2.05, 4.69) is 15.5 Å². The zero-order valence-corrected chi connectivity index (χ0v) is 11.3. The molecule has 0 spiro atoms. The summed E-state index contributed by atoms with van der Waals surface area (Å²) in [6.45, 7) is 4.70. The Kier molecular flexibility index (Phi) is 6.43. The van der Waals surface area contributed by atoms with E-state index in [0.717, 1.165) is 37.9 Å². The van der Waals surface area contributed by atoms with Gasteiger partial charge in [-0.1, -0.05) is 0 Å². The topological polar surface area (TPSA) is 83.8 Å². The Morgan fingerprint density at radius 3 is 2.94 bits per heavy atom. The smallest absolute Gasteiger partial charge is 0.219 e. The van der Waals surface area contributed by atoms with Crippen molar-refractivity contribution in [1.29, 1.82) is 0 Å². The number of carbonyl (C=O) groups excluding carboxylic acids is 1. The van der Waals surface area contributed by atoms with E-state index in [9.17, 15) is 4.79 Å². The summed E-state index contributed by atoms with van der Waals surface area (Å²) in [5.41, 5.74) is 7.96. The van der Waals surface area contributed by atoms with E-state index in [0.29, 0.717) is 6.42 Å². The molecule has 0 saturated heterocycles. The van der Waals surface area contributed by atoms with Crippen molar-refractivity contribution < 1.29 is 4.79 Å². The molecule has 1 rings (SSSR count). The minimum absolute atomic E-state index is 0.125. The van der Waals surface area contributed by atoms with E-state index in [1.807, 2.05) is 20.0 Å². The lowest BCUT2D eigenvalue weighted by Crippen LogP contribution is -2.25. The molecule has 5 heteroatoms. The number of aromatic nitrogens is 2. The molecule has 1 atom stereocenters. The summed E-state index contributed by atoms with van der Waals surface area (Å²) in [5.74, 6) is 0.125. The number of hydrogen-bond donors (Lipinski definition) is 3. The quantitative estimate of drug-likeness (QED) is 0.609. The number of nitrogens with one attached hydrogen (secondary N) is 2. The van der Waals surface area contributed by atoms with Crippen LogP contribution in [-0.4, -0.2) is 28.7 Å². The Morgan fingerprint density at radius 2 is 2.33 bits per heavy atom. The van der Waals surface area contributed by atoms with Crippen LogP contribution >= 0.6 is 0 Å². The second kappa shape index (κ2) is 7.87. The van der Waals surface area contributed by atoms with Crippen LogP contribution < -0.4 is 11.1 Å².